The molecule has 4 rings (SSSR count). The monoisotopic (exact) mass is 471 g/mol. The number of carbonyl (C=O) groups is 3. The first-order chi connectivity index (χ1) is 14.4. The number of nitrogens with one attached hydrogen (secondary N) is 1. The molecule has 14 heteroatoms. The third-order valence-electron chi connectivity index (χ3n) is 4.70. The molecule has 0 saturated carbocycles. The van der Waals surface area contributed by atoms with Crippen LogP contribution in [0.1, 0.15) is 12.1 Å². The van der Waals surface area contributed by atoms with Crippen LogP contribution in [0.25, 0.3) is 0 Å². The van der Waals surface area contributed by atoms with Gasteiger partial charge in [-0.15, -0.1) is 34.9 Å². The number of thioether (sulfide) groups is 2. The summed E-state index contributed by atoms with van der Waals surface area (Å²) in [6.45, 7) is 1.19. The number of aliphatic carboxylic acids is 1. The first-order valence-corrected chi connectivity index (χ1v) is 11.6. The lowest BCUT2D eigenvalue weighted by Crippen LogP contribution is -2.71. The number of anilines is 1. The SMILES string of the molecule is Nc1nc(/C(=N/O)C(=O)NC2C(=O)N3C(C(=O)O)=C(SC4CCOC4)CS[C@@H]23)cs1. The van der Waals surface area contributed by atoms with Gasteiger partial charge in [0, 0.05) is 27.9 Å². The van der Waals surface area contributed by atoms with Crippen LogP contribution in [0.3, 0.4) is 0 Å². The normalized spacial score (nSPS) is 26.4. The molecule has 1 aromatic rings. The minimum atomic E-state index is -1.18. The van der Waals surface area contributed by atoms with Crippen LogP contribution in [0.5, 0.6) is 0 Å². The van der Waals surface area contributed by atoms with Crippen LogP contribution in [0.4, 0.5) is 5.13 Å². The highest BCUT2D eigenvalue weighted by Crippen LogP contribution is 2.45. The Balaban J connectivity index is 1.49. The smallest absolute Gasteiger partial charge is 0.353 e. The molecule has 160 valence electrons. The molecule has 0 radical (unpaired) electrons. The van der Waals surface area contributed by atoms with E-state index in [1.54, 1.807) is 0 Å². The van der Waals surface area contributed by atoms with Crippen LogP contribution in [0, 0.1) is 0 Å². The molecule has 0 spiro atoms. The molecule has 0 bridgehead atoms. The van der Waals surface area contributed by atoms with Gasteiger partial charge < -0.3 is 26.1 Å². The minimum Gasteiger partial charge on any atom is -0.477 e. The van der Waals surface area contributed by atoms with E-state index in [9.17, 15) is 24.7 Å². The van der Waals surface area contributed by atoms with E-state index in [-0.39, 0.29) is 27.5 Å². The maximum Gasteiger partial charge on any atom is 0.353 e. The zero-order valence-corrected chi connectivity index (χ0v) is 17.8. The lowest BCUT2D eigenvalue weighted by molar-refractivity contribution is -0.150. The number of β-lactam (4-membered cyclic amide) rings is 1. The fourth-order valence-corrected chi connectivity index (χ4v) is 6.60. The number of carbonyl (C=O) groups excluding carboxylic acids is 2. The summed E-state index contributed by atoms with van der Waals surface area (Å²) in [7, 11) is 0. The number of oxime groups is 1. The van der Waals surface area contributed by atoms with E-state index in [4.69, 9.17) is 10.5 Å². The molecule has 30 heavy (non-hydrogen) atoms. The van der Waals surface area contributed by atoms with Crippen LogP contribution in [-0.2, 0) is 19.1 Å². The van der Waals surface area contributed by atoms with Crippen molar-refractivity contribution in [3.05, 3.63) is 21.7 Å². The van der Waals surface area contributed by atoms with Gasteiger partial charge in [-0.05, 0) is 6.42 Å². The first kappa shape index (κ1) is 21.0. The van der Waals surface area contributed by atoms with Gasteiger partial charge in [-0.1, -0.05) is 5.16 Å². The van der Waals surface area contributed by atoms with E-state index in [2.05, 4.69) is 15.5 Å². The molecule has 2 unspecified atom stereocenters. The minimum absolute atomic E-state index is 0.0468. The number of fused-ring (bicyclic) bond motifs is 1. The third-order valence-corrected chi connectivity index (χ3v) is 8.16. The molecular formula is C16H17N5O6S3. The zero-order valence-electron chi connectivity index (χ0n) is 15.3. The van der Waals surface area contributed by atoms with Gasteiger partial charge >= 0.3 is 5.97 Å². The molecule has 2 saturated heterocycles. The average Bonchev–Trinajstić information content (AvgIpc) is 3.38. The molecule has 3 aliphatic heterocycles. The Kier molecular flexibility index (Phi) is 5.90. The van der Waals surface area contributed by atoms with Gasteiger partial charge in [-0.3, -0.25) is 14.5 Å². The lowest BCUT2D eigenvalue weighted by Gasteiger charge is -2.49. The molecule has 0 aromatic carbocycles. The predicted molar refractivity (Wildman–Crippen MR) is 111 cm³/mol. The van der Waals surface area contributed by atoms with Crippen molar-refractivity contribution in [2.75, 3.05) is 24.7 Å². The summed E-state index contributed by atoms with van der Waals surface area (Å²) >= 11 is 3.87. The van der Waals surface area contributed by atoms with Gasteiger partial charge in [0.25, 0.3) is 11.8 Å². The van der Waals surface area contributed by atoms with E-state index in [0.717, 1.165) is 17.8 Å². The van der Waals surface area contributed by atoms with Crippen LogP contribution >= 0.6 is 34.9 Å². The number of aromatic nitrogens is 1. The van der Waals surface area contributed by atoms with Crippen LogP contribution in [-0.4, -0.2) is 79.3 Å². The number of hydrogen-bond acceptors (Lipinski definition) is 11. The molecular weight excluding hydrogens is 454 g/mol. The average molecular weight is 472 g/mol. The Morgan fingerprint density at radius 1 is 1.47 bits per heavy atom. The Bertz CT molecular complexity index is 957. The highest BCUT2D eigenvalue weighted by molar-refractivity contribution is 8.06. The van der Waals surface area contributed by atoms with E-state index >= 15 is 0 Å². The summed E-state index contributed by atoms with van der Waals surface area (Å²) in [4.78, 5) is 42.8. The number of ether oxygens (including phenoxy) is 1. The summed E-state index contributed by atoms with van der Waals surface area (Å²) in [6, 6.07) is -0.939. The summed E-state index contributed by atoms with van der Waals surface area (Å²) in [5, 5.41) is 25.6. The summed E-state index contributed by atoms with van der Waals surface area (Å²) in [5.41, 5.74) is 5.20. The lowest BCUT2D eigenvalue weighted by atomic mass is 10.0. The maximum absolute atomic E-state index is 12.7. The van der Waals surface area contributed by atoms with Crippen molar-refractivity contribution in [2.45, 2.75) is 23.1 Å². The van der Waals surface area contributed by atoms with Gasteiger partial charge in [0.05, 0.1) is 6.61 Å². The van der Waals surface area contributed by atoms with Crippen LogP contribution < -0.4 is 11.1 Å². The van der Waals surface area contributed by atoms with Gasteiger partial charge in [0.15, 0.2) is 10.8 Å². The van der Waals surface area contributed by atoms with Crippen LogP contribution in [0.15, 0.2) is 21.1 Å². The highest BCUT2D eigenvalue weighted by atomic mass is 32.2. The van der Waals surface area contributed by atoms with Gasteiger partial charge in [-0.25, -0.2) is 9.78 Å². The second-order valence-electron chi connectivity index (χ2n) is 6.56. The van der Waals surface area contributed by atoms with Crippen molar-refractivity contribution in [3.8, 4) is 0 Å². The zero-order chi connectivity index (χ0) is 21.4. The number of rotatable bonds is 6. The first-order valence-electron chi connectivity index (χ1n) is 8.80. The fraction of sp³-hybridized carbons (Fsp3) is 0.438. The number of amides is 2. The fourth-order valence-electron chi connectivity index (χ4n) is 3.31. The Labute approximate surface area is 182 Å². The summed E-state index contributed by atoms with van der Waals surface area (Å²) < 4.78 is 5.34. The number of nitrogen functional groups attached to an aromatic ring is 1. The van der Waals surface area contributed by atoms with Crippen LogP contribution in [0.2, 0.25) is 0 Å². The predicted octanol–water partition coefficient (Wildman–Crippen LogP) is 0.122. The van der Waals surface area contributed by atoms with Gasteiger partial charge in [0.2, 0.25) is 0 Å². The quantitative estimate of drug-likeness (QED) is 0.194. The molecule has 2 fully saturated rings. The van der Waals surface area contributed by atoms with Gasteiger partial charge in [0.1, 0.15) is 22.8 Å². The van der Waals surface area contributed by atoms with Crippen molar-refractivity contribution in [1.82, 2.24) is 15.2 Å². The van der Waals surface area contributed by atoms with E-state index < -0.39 is 29.2 Å². The Morgan fingerprint density at radius 2 is 2.27 bits per heavy atom. The number of nitrogens with two attached hydrogens (primary N) is 1. The van der Waals surface area contributed by atoms with Gasteiger partial charge in [-0.2, -0.15) is 0 Å². The number of nitrogens with zero attached hydrogens (tertiary/aromatic N) is 3. The summed E-state index contributed by atoms with van der Waals surface area (Å²) in [5.74, 6) is -2.11. The highest BCUT2D eigenvalue weighted by Gasteiger charge is 2.54. The molecule has 11 nitrogen and oxygen atoms in total. The van der Waals surface area contributed by atoms with E-state index in [0.29, 0.717) is 23.9 Å². The summed E-state index contributed by atoms with van der Waals surface area (Å²) in [6.07, 6.45) is 0.826. The molecule has 3 atom stereocenters. The number of carboxylic acid groups (broad SMARTS) is 1. The molecule has 4 heterocycles. The maximum atomic E-state index is 12.7. The largest absolute Gasteiger partial charge is 0.477 e. The van der Waals surface area contributed by atoms with Crippen molar-refractivity contribution < 1.29 is 29.4 Å². The van der Waals surface area contributed by atoms with Crippen molar-refractivity contribution in [3.63, 3.8) is 0 Å². The molecule has 5 N–H and O–H groups in total. The molecule has 3 aliphatic rings. The third kappa shape index (κ3) is 3.75. The number of thiazole rings is 1. The van der Waals surface area contributed by atoms with E-state index in [1.807, 2.05) is 0 Å². The molecule has 2 amide bonds. The molecule has 1 aromatic heterocycles. The Hall–Kier alpha value is -2.29. The second kappa shape index (κ2) is 8.45. The Morgan fingerprint density at radius 3 is 2.87 bits per heavy atom. The van der Waals surface area contributed by atoms with Crippen molar-refractivity contribution in [2.24, 2.45) is 5.16 Å². The number of carboxylic acids is 1. The molecule has 0 aliphatic carbocycles. The topological polar surface area (TPSA) is 167 Å². The van der Waals surface area contributed by atoms with Crippen molar-refractivity contribution in [1.29, 1.82) is 0 Å². The van der Waals surface area contributed by atoms with Crippen molar-refractivity contribution >= 4 is 63.5 Å². The van der Waals surface area contributed by atoms with E-state index in [1.165, 1.54) is 33.8 Å². The second-order valence-corrected chi connectivity index (χ2v) is 9.95. The standard InChI is InChI=1S/C16H17N5O6S3/c17-16-18-7(4-29-16)9(20-26)12(22)19-10-13(23)21-11(15(24)25)8(5-28-14(10)21)30-6-1-2-27-3-6/h4,6,10,14,26H,1-3,5H2,(H2,17,18)(H,19,22)(H,24,25)/b20-9-/t6?,10?,14-/m0/s1. The number of hydrogen-bond donors (Lipinski definition) is 4.